The molecule has 0 aromatic heterocycles. The molecule has 0 radical (unpaired) electrons. The standard InChI is InChI=1S/C12H13BrClN3O/c1-7(18)17-3-2-8-4-9(16-11(15)6-14)5-10(13)12(8)17/h4-5H,2-3,6H2,1H3,(H2,15,16). The molecule has 4 nitrogen and oxygen atoms in total. The van der Waals surface area contributed by atoms with Gasteiger partial charge in [0.05, 0.1) is 17.3 Å². The van der Waals surface area contributed by atoms with Crippen molar-refractivity contribution < 1.29 is 4.79 Å². The highest BCUT2D eigenvalue weighted by Gasteiger charge is 2.25. The first-order valence-corrected chi connectivity index (χ1v) is 6.85. The molecule has 0 spiro atoms. The minimum absolute atomic E-state index is 0.0472. The van der Waals surface area contributed by atoms with Crippen LogP contribution in [-0.4, -0.2) is 24.2 Å². The molecule has 0 fully saturated rings. The van der Waals surface area contributed by atoms with Crippen molar-refractivity contribution in [3.63, 3.8) is 0 Å². The van der Waals surface area contributed by atoms with Crippen molar-refractivity contribution >= 4 is 50.6 Å². The van der Waals surface area contributed by atoms with Gasteiger partial charge in [0.25, 0.3) is 0 Å². The summed E-state index contributed by atoms with van der Waals surface area (Å²) in [5.41, 5.74) is 8.40. The summed E-state index contributed by atoms with van der Waals surface area (Å²) in [7, 11) is 0. The first-order valence-electron chi connectivity index (χ1n) is 5.52. The number of aliphatic imine (C=N–C) groups is 1. The number of carbonyl (C=O) groups is 1. The van der Waals surface area contributed by atoms with Gasteiger partial charge in [0, 0.05) is 17.9 Å². The Balaban J connectivity index is 2.44. The fourth-order valence-electron chi connectivity index (χ4n) is 2.05. The molecule has 2 N–H and O–H groups in total. The Bertz CT molecular complexity index is 530. The molecule has 0 saturated carbocycles. The minimum Gasteiger partial charge on any atom is -0.386 e. The monoisotopic (exact) mass is 329 g/mol. The number of anilines is 1. The Morgan fingerprint density at radius 2 is 2.33 bits per heavy atom. The summed E-state index contributed by atoms with van der Waals surface area (Å²) in [5, 5.41) is 0. The van der Waals surface area contributed by atoms with Crippen LogP contribution in [0.4, 0.5) is 11.4 Å². The van der Waals surface area contributed by atoms with Gasteiger partial charge in [-0.15, -0.1) is 11.6 Å². The fraction of sp³-hybridized carbons (Fsp3) is 0.333. The molecule has 1 heterocycles. The van der Waals surface area contributed by atoms with E-state index in [1.54, 1.807) is 11.8 Å². The van der Waals surface area contributed by atoms with Crippen LogP contribution >= 0.6 is 27.5 Å². The van der Waals surface area contributed by atoms with Crippen LogP contribution in [0.15, 0.2) is 21.6 Å². The van der Waals surface area contributed by atoms with Crippen LogP contribution < -0.4 is 10.6 Å². The lowest BCUT2D eigenvalue weighted by atomic mass is 10.1. The fourth-order valence-corrected chi connectivity index (χ4v) is 2.82. The lowest BCUT2D eigenvalue weighted by Gasteiger charge is -2.16. The number of fused-ring (bicyclic) bond motifs is 1. The lowest BCUT2D eigenvalue weighted by molar-refractivity contribution is -0.116. The molecule has 18 heavy (non-hydrogen) atoms. The van der Waals surface area contributed by atoms with Crippen LogP contribution in [0.25, 0.3) is 0 Å². The second-order valence-corrected chi connectivity index (χ2v) is 5.21. The van der Waals surface area contributed by atoms with Crippen molar-refractivity contribution in [3.05, 3.63) is 22.2 Å². The van der Waals surface area contributed by atoms with Crippen molar-refractivity contribution in [3.8, 4) is 0 Å². The molecule has 1 aromatic rings. The largest absolute Gasteiger partial charge is 0.386 e. The van der Waals surface area contributed by atoms with Crippen LogP contribution in [-0.2, 0) is 11.2 Å². The lowest BCUT2D eigenvalue weighted by Crippen LogP contribution is -2.26. The number of rotatable bonds is 2. The van der Waals surface area contributed by atoms with E-state index in [4.69, 9.17) is 17.3 Å². The Hall–Kier alpha value is -1.07. The van der Waals surface area contributed by atoms with Gasteiger partial charge < -0.3 is 10.6 Å². The zero-order valence-corrected chi connectivity index (χ0v) is 12.3. The summed E-state index contributed by atoms with van der Waals surface area (Å²) in [5.74, 6) is 0.629. The van der Waals surface area contributed by atoms with Gasteiger partial charge in [0.15, 0.2) is 0 Å². The first kappa shape index (κ1) is 13.4. The van der Waals surface area contributed by atoms with Crippen molar-refractivity contribution in [2.45, 2.75) is 13.3 Å². The van der Waals surface area contributed by atoms with Crippen LogP contribution in [0.3, 0.4) is 0 Å². The van der Waals surface area contributed by atoms with E-state index in [1.807, 2.05) is 12.1 Å². The predicted octanol–water partition coefficient (Wildman–Crippen LogP) is 2.59. The van der Waals surface area contributed by atoms with Crippen LogP contribution in [0, 0.1) is 0 Å². The Kier molecular flexibility index (Phi) is 3.92. The smallest absolute Gasteiger partial charge is 0.223 e. The third-order valence-electron chi connectivity index (χ3n) is 2.79. The molecule has 1 amide bonds. The van der Waals surface area contributed by atoms with E-state index < -0.39 is 0 Å². The van der Waals surface area contributed by atoms with Gasteiger partial charge in [-0.3, -0.25) is 4.79 Å². The molecule has 6 heteroatoms. The number of nitrogens with zero attached hydrogens (tertiary/aromatic N) is 2. The Morgan fingerprint density at radius 1 is 1.61 bits per heavy atom. The average molecular weight is 331 g/mol. The Labute approximate surface area is 119 Å². The van der Waals surface area contributed by atoms with Gasteiger partial charge in [-0.25, -0.2) is 4.99 Å². The molecule has 1 aliphatic rings. The SMILES string of the molecule is CC(=O)N1CCc2cc(N=C(N)CCl)cc(Br)c21. The van der Waals surface area contributed by atoms with Crippen molar-refractivity contribution in [2.24, 2.45) is 10.7 Å². The number of alkyl halides is 1. The maximum Gasteiger partial charge on any atom is 0.223 e. The van der Waals surface area contributed by atoms with E-state index in [2.05, 4.69) is 20.9 Å². The number of hydrogen-bond acceptors (Lipinski definition) is 2. The zero-order valence-electron chi connectivity index (χ0n) is 9.91. The molecule has 96 valence electrons. The summed E-state index contributed by atoms with van der Waals surface area (Å²) in [6.07, 6.45) is 0.831. The topological polar surface area (TPSA) is 58.7 Å². The number of halogens is 2. The van der Waals surface area contributed by atoms with E-state index in [-0.39, 0.29) is 11.8 Å². The molecule has 1 aromatic carbocycles. The highest BCUT2D eigenvalue weighted by atomic mass is 79.9. The van der Waals surface area contributed by atoms with Crippen LogP contribution in [0.2, 0.25) is 0 Å². The number of hydrogen-bond donors (Lipinski definition) is 1. The van der Waals surface area contributed by atoms with E-state index in [9.17, 15) is 4.79 Å². The summed E-state index contributed by atoms with van der Waals surface area (Å²) < 4.78 is 0.855. The second kappa shape index (κ2) is 5.28. The third kappa shape index (κ3) is 2.52. The molecule has 0 unspecified atom stereocenters. The van der Waals surface area contributed by atoms with E-state index in [0.29, 0.717) is 12.4 Å². The highest BCUT2D eigenvalue weighted by molar-refractivity contribution is 9.10. The number of carbonyl (C=O) groups excluding carboxylic acids is 1. The van der Waals surface area contributed by atoms with Crippen LogP contribution in [0.1, 0.15) is 12.5 Å². The summed E-state index contributed by atoms with van der Waals surface area (Å²) in [6, 6.07) is 3.79. The van der Waals surface area contributed by atoms with Gasteiger partial charge in [0.1, 0.15) is 5.84 Å². The molecule has 2 rings (SSSR count). The predicted molar refractivity (Wildman–Crippen MR) is 77.9 cm³/mol. The van der Waals surface area contributed by atoms with E-state index in [1.165, 1.54) is 0 Å². The van der Waals surface area contributed by atoms with Gasteiger partial charge >= 0.3 is 0 Å². The molecule has 0 saturated heterocycles. The van der Waals surface area contributed by atoms with Gasteiger partial charge in [-0.1, -0.05) is 0 Å². The first-order chi connectivity index (χ1) is 8.52. The molecular formula is C12H13BrClN3O. The summed E-state index contributed by atoms with van der Waals surface area (Å²) >= 11 is 9.09. The summed E-state index contributed by atoms with van der Waals surface area (Å²) in [4.78, 5) is 17.5. The number of amidine groups is 1. The van der Waals surface area contributed by atoms with Gasteiger partial charge in [-0.2, -0.15) is 0 Å². The molecular weight excluding hydrogens is 318 g/mol. The highest BCUT2D eigenvalue weighted by Crippen LogP contribution is 2.38. The molecule has 0 aliphatic carbocycles. The second-order valence-electron chi connectivity index (χ2n) is 4.09. The Morgan fingerprint density at radius 3 is 2.94 bits per heavy atom. The molecule has 0 bridgehead atoms. The zero-order chi connectivity index (χ0) is 13.3. The molecule has 1 aliphatic heterocycles. The maximum atomic E-state index is 11.5. The minimum atomic E-state index is 0.0472. The third-order valence-corrected chi connectivity index (χ3v) is 3.67. The summed E-state index contributed by atoms with van der Waals surface area (Å²) in [6.45, 7) is 2.28. The number of benzene rings is 1. The van der Waals surface area contributed by atoms with Gasteiger partial charge in [0.2, 0.25) is 5.91 Å². The van der Waals surface area contributed by atoms with Crippen molar-refractivity contribution in [1.82, 2.24) is 0 Å². The maximum absolute atomic E-state index is 11.5. The van der Waals surface area contributed by atoms with Crippen molar-refractivity contribution in [2.75, 3.05) is 17.3 Å². The molecule has 0 atom stereocenters. The van der Waals surface area contributed by atoms with E-state index >= 15 is 0 Å². The normalized spacial score (nSPS) is 14.8. The average Bonchev–Trinajstić information content (AvgIpc) is 2.73. The van der Waals surface area contributed by atoms with Crippen molar-refractivity contribution in [1.29, 1.82) is 0 Å². The van der Waals surface area contributed by atoms with E-state index in [0.717, 1.165) is 27.8 Å². The quantitative estimate of drug-likeness (QED) is 0.515. The van der Waals surface area contributed by atoms with Gasteiger partial charge in [-0.05, 0) is 40.0 Å². The number of nitrogens with two attached hydrogens (primary N) is 1. The number of amides is 1. The van der Waals surface area contributed by atoms with Crippen LogP contribution in [0.5, 0.6) is 0 Å².